The minimum atomic E-state index is -0.518. The third-order valence-corrected chi connectivity index (χ3v) is 6.17. The van der Waals surface area contributed by atoms with Crippen LogP contribution in [-0.4, -0.2) is 27.6 Å². The molecule has 0 saturated carbocycles. The van der Waals surface area contributed by atoms with Crippen LogP contribution in [0.2, 0.25) is 0 Å². The number of nitrogens with one attached hydrogen (secondary N) is 1. The summed E-state index contributed by atoms with van der Waals surface area (Å²) in [5.41, 5.74) is 2.81. The number of imide groups is 1. The van der Waals surface area contributed by atoms with Crippen LogP contribution in [0.3, 0.4) is 0 Å². The largest absolute Gasteiger partial charge is 0.436 e. The monoisotopic (exact) mass is 504 g/mol. The number of benzene rings is 4. The summed E-state index contributed by atoms with van der Waals surface area (Å²) in [6, 6.07) is 23.7. The standard InChI is InChI=1S/C28H16N4O6/c33-25(16-9-11-17(12-10-16)31-27(34)19-5-1-2-6-20(19)28(31)35)29-22-8-4-3-7-21(22)26-30-23-14-13-18(32(36)37)15-24(23)38-26/h1-15H,(H,29,33). The number of non-ortho nitro benzene ring substituents is 1. The summed E-state index contributed by atoms with van der Waals surface area (Å²) >= 11 is 0. The number of carbonyl (C=O) groups excluding carboxylic acids is 3. The quantitative estimate of drug-likeness (QED) is 0.191. The second kappa shape index (κ2) is 8.79. The maximum absolute atomic E-state index is 13.0. The number of anilines is 2. The van der Waals surface area contributed by atoms with E-state index in [1.165, 1.54) is 42.5 Å². The highest BCUT2D eigenvalue weighted by Gasteiger charge is 2.36. The van der Waals surface area contributed by atoms with Crippen molar-refractivity contribution in [2.24, 2.45) is 0 Å². The average molecular weight is 504 g/mol. The first kappa shape index (κ1) is 22.8. The molecule has 0 unspecified atom stereocenters. The summed E-state index contributed by atoms with van der Waals surface area (Å²) < 4.78 is 5.76. The van der Waals surface area contributed by atoms with E-state index in [0.717, 1.165) is 4.90 Å². The molecular formula is C28H16N4O6. The van der Waals surface area contributed by atoms with Gasteiger partial charge in [0.2, 0.25) is 5.89 Å². The molecule has 184 valence electrons. The predicted octanol–water partition coefficient (Wildman–Crippen LogP) is 5.46. The molecule has 38 heavy (non-hydrogen) atoms. The predicted molar refractivity (Wildman–Crippen MR) is 138 cm³/mol. The first-order valence-electron chi connectivity index (χ1n) is 11.4. The number of hydrogen-bond donors (Lipinski definition) is 1. The van der Waals surface area contributed by atoms with E-state index in [4.69, 9.17) is 4.42 Å². The molecule has 0 radical (unpaired) electrons. The van der Waals surface area contributed by atoms with Gasteiger partial charge in [0, 0.05) is 11.6 Å². The molecule has 10 nitrogen and oxygen atoms in total. The van der Waals surface area contributed by atoms with Gasteiger partial charge in [0.15, 0.2) is 5.58 Å². The molecular weight excluding hydrogens is 488 g/mol. The lowest BCUT2D eigenvalue weighted by Gasteiger charge is -2.14. The van der Waals surface area contributed by atoms with Crippen molar-refractivity contribution in [3.05, 3.63) is 118 Å². The number of oxazole rings is 1. The van der Waals surface area contributed by atoms with Crippen molar-refractivity contribution >= 4 is 45.9 Å². The number of rotatable bonds is 5. The molecule has 0 fully saturated rings. The Morgan fingerprint density at radius 2 is 1.47 bits per heavy atom. The van der Waals surface area contributed by atoms with Gasteiger partial charge < -0.3 is 9.73 Å². The first-order valence-corrected chi connectivity index (χ1v) is 11.4. The lowest BCUT2D eigenvalue weighted by molar-refractivity contribution is -0.384. The topological polar surface area (TPSA) is 136 Å². The smallest absolute Gasteiger partial charge is 0.273 e. The van der Waals surface area contributed by atoms with Gasteiger partial charge >= 0.3 is 0 Å². The lowest BCUT2D eigenvalue weighted by atomic mass is 10.1. The van der Waals surface area contributed by atoms with E-state index >= 15 is 0 Å². The van der Waals surface area contributed by atoms with E-state index in [9.17, 15) is 24.5 Å². The van der Waals surface area contributed by atoms with Crippen LogP contribution >= 0.6 is 0 Å². The van der Waals surface area contributed by atoms with Crippen molar-refractivity contribution in [1.82, 2.24) is 4.98 Å². The van der Waals surface area contributed by atoms with E-state index in [1.54, 1.807) is 48.5 Å². The second-order valence-electron chi connectivity index (χ2n) is 8.47. The van der Waals surface area contributed by atoms with Crippen LogP contribution in [0, 0.1) is 10.1 Å². The van der Waals surface area contributed by atoms with Gasteiger partial charge in [0.25, 0.3) is 23.4 Å². The van der Waals surface area contributed by atoms with E-state index < -0.39 is 22.6 Å². The summed E-state index contributed by atoms with van der Waals surface area (Å²) in [6.07, 6.45) is 0. The molecule has 0 bridgehead atoms. The molecule has 0 atom stereocenters. The van der Waals surface area contributed by atoms with Gasteiger partial charge in [-0.1, -0.05) is 24.3 Å². The van der Waals surface area contributed by atoms with E-state index in [2.05, 4.69) is 10.3 Å². The summed E-state index contributed by atoms with van der Waals surface area (Å²) in [5, 5.41) is 13.9. The molecule has 6 rings (SSSR count). The fourth-order valence-corrected chi connectivity index (χ4v) is 4.30. The minimum Gasteiger partial charge on any atom is -0.436 e. The fourth-order valence-electron chi connectivity index (χ4n) is 4.30. The normalized spacial score (nSPS) is 12.6. The van der Waals surface area contributed by atoms with E-state index in [-0.39, 0.29) is 17.2 Å². The summed E-state index contributed by atoms with van der Waals surface area (Å²) in [6.45, 7) is 0. The first-order chi connectivity index (χ1) is 18.4. The zero-order valence-corrected chi connectivity index (χ0v) is 19.5. The molecule has 4 aromatic carbocycles. The Morgan fingerprint density at radius 3 is 2.13 bits per heavy atom. The van der Waals surface area contributed by atoms with E-state index in [0.29, 0.717) is 39.1 Å². The highest BCUT2D eigenvalue weighted by atomic mass is 16.6. The molecule has 10 heteroatoms. The Balaban J connectivity index is 1.25. The number of nitro benzene ring substituents is 1. The zero-order chi connectivity index (χ0) is 26.4. The van der Waals surface area contributed by atoms with Gasteiger partial charge in [-0.25, -0.2) is 9.88 Å². The van der Waals surface area contributed by atoms with Crippen LogP contribution in [0.1, 0.15) is 31.1 Å². The molecule has 1 aromatic heterocycles. The Labute approximate surface area is 214 Å². The number of amides is 3. The Hall–Kier alpha value is -5.64. The van der Waals surface area contributed by atoms with Crippen molar-refractivity contribution in [1.29, 1.82) is 0 Å². The maximum Gasteiger partial charge on any atom is 0.273 e. The molecule has 3 amide bonds. The van der Waals surface area contributed by atoms with Crippen molar-refractivity contribution in [3.63, 3.8) is 0 Å². The average Bonchev–Trinajstić information content (AvgIpc) is 3.47. The molecule has 0 spiro atoms. The minimum absolute atomic E-state index is 0.119. The van der Waals surface area contributed by atoms with E-state index in [1.807, 2.05) is 0 Å². The van der Waals surface area contributed by atoms with Gasteiger partial charge in [-0.15, -0.1) is 0 Å². The molecule has 0 aliphatic carbocycles. The third kappa shape index (κ3) is 3.77. The number of para-hydroxylation sites is 1. The molecule has 2 heterocycles. The summed E-state index contributed by atoms with van der Waals surface area (Å²) in [4.78, 5) is 54.5. The van der Waals surface area contributed by atoms with Crippen LogP contribution in [0.25, 0.3) is 22.6 Å². The number of hydrogen-bond acceptors (Lipinski definition) is 7. The lowest BCUT2D eigenvalue weighted by Crippen LogP contribution is -2.29. The Bertz CT molecular complexity index is 1760. The highest BCUT2D eigenvalue weighted by molar-refractivity contribution is 6.34. The number of nitro groups is 1. The Kier molecular flexibility index (Phi) is 5.27. The fraction of sp³-hybridized carbons (Fsp3) is 0. The SMILES string of the molecule is O=C(Nc1ccccc1-c1nc2ccc([N+](=O)[O-])cc2o1)c1ccc(N2C(=O)c3ccccc3C2=O)cc1. The highest BCUT2D eigenvalue weighted by Crippen LogP contribution is 2.32. The number of aromatic nitrogens is 1. The second-order valence-corrected chi connectivity index (χ2v) is 8.47. The summed E-state index contributed by atoms with van der Waals surface area (Å²) in [5.74, 6) is -1.07. The molecule has 1 N–H and O–H groups in total. The molecule has 0 saturated heterocycles. The van der Waals surface area contributed by atoms with Crippen molar-refractivity contribution in [2.75, 3.05) is 10.2 Å². The van der Waals surface area contributed by atoms with Gasteiger partial charge in [-0.2, -0.15) is 0 Å². The maximum atomic E-state index is 13.0. The molecule has 1 aliphatic heterocycles. The molecule has 1 aliphatic rings. The van der Waals surface area contributed by atoms with Gasteiger partial charge in [-0.05, 0) is 54.6 Å². The number of carbonyl (C=O) groups is 3. The third-order valence-electron chi connectivity index (χ3n) is 6.17. The van der Waals surface area contributed by atoms with Crippen LogP contribution in [0.4, 0.5) is 17.1 Å². The number of nitrogens with zero attached hydrogens (tertiary/aromatic N) is 3. The number of fused-ring (bicyclic) bond motifs is 2. The van der Waals surface area contributed by atoms with Crippen molar-refractivity contribution in [2.45, 2.75) is 0 Å². The van der Waals surface area contributed by atoms with Crippen LogP contribution in [-0.2, 0) is 0 Å². The van der Waals surface area contributed by atoms with Crippen molar-refractivity contribution < 1.29 is 23.7 Å². The summed E-state index contributed by atoms with van der Waals surface area (Å²) in [7, 11) is 0. The van der Waals surface area contributed by atoms with Crippen LogP contribution < -0.4 is 10.2 Å². The zero-order valence-electron chi connectivity index (χ0n) is 19.5. The van der Waals surface area contributed by atoms with Gasteiger partial charge in [0.1, 0.15) is 5.52 Å². The van der Waals surface area contributed by atoms with Crippen molar-refractivity contribution in [3.8, 4) is 11.5 Å². The van der Waals surface area contributed by atoms with Crippen LogP contribution in [0.15, 0.2) is 95.4 Å². The van der Waals surface area contributed by atoms with Gasteiger partial charge in [-0.3, -0.25) is 24.5 Å². The molecule has 5 aromatic rings. The Morgan fingerprint density at radius 1 is 0.842 bits per heavy atom. The van der Waals surface area contributed by atoms with Gasteiger partial charge in [0.05, 0.1) is 39.1 Å². The van der Waals surface area contributed by atoms with Crippen LogP contribution in [0.5, 0.6) is 0 Å².